The average molecular weight is 316 g/mol. The molecular formula is C15H19F3N2O2. The van der Waals surface area contributed by atoms with Gasteiger partial charge in [-0.15, -0.1) is 0 Å². The lowest BCUT2D eigenvalue weighted by atomic mass is 10.0. The van der Waals surface area contributed by atoms with Gasteiger partial charge in [0.2, 0.25) is 5.91 Å². The van der Waals surface area contributed by atoms with Gasteiger partial charge in [0.05, 0.1) is 17.7 Å². The van der Waals surface area contributed by atoms with E-state index in [4.69, 9.17) is 0 Å². The van der Waals surface area contributed by atoms with Crippen LogP contribution in [0.25, 0.3) is 0 Å². The number of aliphatic hydroxyl groups excluding tert-OH is 1. The number of rotatable bonds is 4. The lowest BCUT2D eigenvalue weighted by molar-refractivity contribution is -0.137. The Kier molecular flexibility index (Phi) is 5.08. The Hall–Kier alpha value is -1.60. The van der Waals surface area contributed by atoms with Crippen molar-refractivity contribution in [1.29, 1.82) is 0 Å². The number of hydrogen-bond donors (Lipinski definition) is 3. The van der Waals surface area contributed by atoms with E-state index in [0.29, 0.717) is 19.4 Å². The number of alkyl halides is 3. The van der Waals surface area contributed by atoms with Crippen LogP contribution in [0.2, 0.25) is 0 Å². The SMILES string of the molecule is C[C@H](Cc1ccc(C(F)(F)F)cc1)NC(=O)[C@H]1C[C@H](O)CN1. The van der Waals surface area contributed by atoms with Crippen LogP contribution in [0.5, 0.6) is 0 Å². The van der Waals surface area contributed by atoms with Crippen LogP contribution in [0, 0.1) is 0 Å². The van der Waals surface area contributed by atoms with Gasteiger partial charge in [0.15, 0.2) is 0 Å². The Morgan fingerprint density at radius 1 is 1.41 bits per heavy atom. The van der Waals surface area contributed by atoms with Crippen molar-refractivity contribution in [3.63, 3.8) is 0 Å². The minimum Gasteiger partial charge on any atom is -0.392 e. The summed E-state index contributed by atoms with van der Waals surface area (Å²) < 4.78 is 37.4. The Balaban J connectivity index is 1.86. The second-order valence-corrected chi connectivity index (χ2v) is 5.66. The first-order valence-electron chi connectivity index (χ1n) is 7.13. The molecule has 4 nitrogen and oxygen atoms in total. The molecule has 1 aliphatic rings. The second kappa shape index (κ2) is 6.66. The number of aliphatic hydroxyl groups is 1. The van der Waals surface area contributed by atoms with Gasteiger partial charge in [0.1, 0.15) is 0 Å². The highest BCUT2D eigenvalue weighted by Crippen LogP contribution is 2.29. The predicted molar refractivity (Wildman–Crippen MR) is 75.2 cm³/mol. The molecule has 2 rings (SSSR count). The number of nitrogens with one attached hydrogen (secondary N) is 2. The van der Waals surface area contributed by atoms with Crippen LogP contribution < -0.4 is 10.6 Å². The number of amides is 1. The van der Waals surface area contributed by atoms with Crippen LogP contribution in [0.3, 0.4) is 0 Å². The monoisotopic (exact) mass is 316 g/mol. The molecule has 3 atom stereocenters. The molecule has 3 N–H and O–H groups in total. The first-order chi connectivity index (χ1) is 10.3. The lowest BCUT2D eigenvalue weighted by Crippen LogP contribution is -2.44. The molecule has 0 aliphatic carbocycles. The van der Waals surface area contributed by atoms with Crippen molar-refractivity contribution in [1.82, 2.24) is 10.6 Å². The number of benzene rings is 1. The molecule has 1 aromatic carbocycles. The van der Waals surface area contributed by atoms with Crippen molar-refractivity contribution < 1.29 is 23.1 Å². The van der Waals surface area contributed by atoms with Gasteiger partial charge >= 0.3 is 6.18 Å². The Bertz CT molecular complexity index is 517. The maximum atomic E-state index is 12.5. The molecule has 1 saturated heterocycles. The molecule has 7 heteroatoms. The molecule has 1 fully saturated rings. The fraction of sp³-hybridized carbons (Fsp3) is 0.533. The second-order valence-electron chi connectivity index (χ2n) is 5.66. The summed E-state index contributed by atoms with van der Waals surface area (Å²) in [4.78, 5) is 11.9. The molecule has 0 spiro atoms. The molecular weight excluding hydrogens is 297 g/mol. The summed E-state index contributed by atoms with van der Waals surface area (Å²) >= 11 is 0. The zero-order chi connectivity index (χ0) is 16.3. The fourth-order valence-electron chi connectivity index (χ4n) is 2.49. The standard InChI is InChI=1S/C15H19F3N2O2/c1-9(20-14(22)13-7-12(21)8-19-13)6-10-2-4-11(5-3-10)15(16,17)18/h2-5,9,12-13,19,21H,6-8H2,1H3,(H,20,22)/t9-,12+,13-/m1/s1. The summed E-state index contributed by atoms with van der Waals surface area (Å²) in [7, 11) is 0. The highest BCUT2D eigenvalue weighted by atomic mass is 19.4. The minimum atomic E-state index is -4.34. The molecule has 122 valence electrons. The van der Waals surface area contributed by atoms with Crippen LogP contribution in [0.4, 0.5) is 13.2 Å². The van der Waals surface area contributed by atoms with E-state index in [1.54, 1.807) is 6.92 Å². The number of carbonyl (C=O) groups is 1. The van der Waals surface area contributed by atoms with Gasteiger partial charge in [0.25, 0.3) is 0 Å². The predicted octanol–water partition coefficient (Wildman–Crippen LogP) is 1.48. The summed E-state index contributed by atoms with van der Waals surface area (Å²) in [5.74, 6) is -0.198. The van der Waals surface area contributed by atoms with E-state index in [9.17, 15) is 23.1 Å². The molecule has 0 saturated carbocycles. The van der Waals surface area contributed by atoms with Crippen LogP contribution >= 0.6 is 0 Å². The van der Waals surface area contributed by atoms with Gasteiger partial charge in [-0.3, -0.25) is 4.79 Å². The van der Waals surface area contributed by atoms with Crippen molar-refractivity contribution in [2.75, 3.05) is 6.54 Å². The molecule has 1 aliphatic heterocycles. The van der Waals surface area contributed by atoms with Crippen molar-refractivity contribution in [3.05, 3.63) is 35.4 Å². The number of β-amino-alcohol motifs (C(OH)–C–C–N with tert-alkyl or cyclic N) is 1. The number of halogens is 3. The maximum Gasteiger partial charge on any atom is 0.416 e. The van der Waals surface area contributed by atoms with Crippen LogP contribution in [0.1, 0.15) is 24.5 Å². The van der Waals surface area contributed by atoms with Gasteiger partial charge in [-0.25, -0.2) is 0 Å². The van der Waals surface area contributed by atoms with Gasteiger partial charge in [-0.2, -0.15) is 13.2 Å². The van der Waals surface area contributed by atoms with Crippen molar-refractivity contribution in [2.45, 2.75) is 44.1 Å². The quantitative estimate of drug-likeness (QED) is 0.788. The molecule has 0 radical (unpaired) electrons. The fourth-order valence-corrected chi connectivity index (χ4v) is 2.49. The molecule has 22 heavy (non-hydrogen) atoms. The molecule has 0 aromatic heterocycles. The van der Waals surface area contributed by atoms with E-state index in [1.165, 1.54) is 12.1 Å². The van der Waals surface area contributed by atoms with E-state index in [0.717, 1.165) is 17.7 Å². The largest absolute Gasteiger partial charge is 0.416 e. The third-order valence-corrected chi connectivity index (χ3v) is 3.64. The topological polar surface area (TPSA) is 61.4 Å². The maximum absolute atomic E-state index is 12.5. The third kappa shape index (κ3) is 4.45. The van der Waals surface area contributed by atoms with Gasteiger partial charge in [-0.1, -0.05) is 12.1 Å². The van der Waals surface area contributed by atoms with E-state index in [2.05, 4.69) is 10.6 Å². The molecule has 1 aromatic rings. The summed E-state index contributed by atoms with van der Waals surface area (Å²) in [5.41, 5.74) is 0.0392. The van der Waals surface area contributed by atoms with Crippen molar-refractivity contribution >= 4 is 5.91 Å². The first kappa shape index (κ1) is 16.8. The summed E-state index contributed by atoms with van der Waals surface area (Å²) in [6.07, 6.45) is -4.04. The summed E-state index contributed by atoms with van der Waals surface area (Å²) in [5, 5.41) is 15.1. The highest BCUT2D eigenvalue weighted by Gasteiger charge is 2.30. The minimum absolute atomic E-state index is 0.198. The van der Waals surface area contributed by atoms with Crippen LogP contribution in [-0.4, -0.2) is 35.7 Å². The van der Waals surface area contributed by atoms with Gasteiger partial charge in [0, 0.05) is 12.6 Å². The van der Waals surface area contributed by atoms with E-state index < -0.39 is 23.9 Å². The van der Waals surface area contributed by atoms with E-state index in [1.807, 2.05) is 0 Å². The molecule has 0 bridgehead atoms. The van der Waals surface area contributed by atoms with E-state index >= 15 is 0 Å². The third-order valence-electron chi connectivity index (χ3n) is 3.64. The van der Waals surface area contributed by atoms with Gasteiger partial charge < -0.3 is 15.7 Å². The number of carbonyl (C=O) groups excluding carboxylic acids is 1. The van der Waals surface area contributed by atoms with Crippen molar-refractivity contribution in [3.8, 4) is 0 Å². The molecule has 0 unspecified atom stereocenters. The summed E-state index contributed by atoms with van der Waals surface area (Å²) in [6, 6.07) is 4.30. The lowest BCUT2D eigenvalue weighted by Gasteiger charge is -2.17. The Labute approximate surface area is 126 Å². The zero-order valence-corrected chi connectivity index (χ0v) is 12.2. The summed E-state index contributed by atoms with van der Waals surface area (Å²) in [6.45, 7) is 2.19. The number of hydrogen-bond acceptors (Lipinski definition) is 3. The van der Waals surface area contributed by atoms with Crippen LogP contribution in [-0.2, 0) is 17.4 Å². The molecule has 1 amide bonds. The van der Waals surface area contributed by atoms with E-state index in [-0.39, 0.29) is 11.9 Å². The highest BCUT2D eigenvalue weighted by molar-refractivity contribution is 5.82. The smallest absolute Gasteiger partial charge is 0.392 e. The Morgan fingerprint density at radius 2 is 2.05 bits per heavy atom. The first-order valence-corrected chi connectivity index (χ1v) is 7.13. The van der Waals surface area contributed by atoms with Crippen LogP contribution in [0.15, 0.2) is 24.3 Å². The average Bonchev–Trinajstić information content (AvgIpc) is 2.85. The Morgan fingerprint density at radius 3 is 2.55 bits per heavy atom. The molecule has 1 heterocycles. The van der Waals surface area contributed by atoms with Gasteiger partial charge in [-0.05, 0) is 37.5 Å². The normalized spacial score (nSPS) is 23.3. The zero-order valence-electron chi connectivity index (χ0n) is 12.2. The van der Waals surface area contributed by atoms with Crippen molar-refractivity contribution in [2.24, 2.45) is 0 Å².